The third-order valence-electron chi connectivity index (χ3n) is 3.96. The van der Waals surface area contributed by atoms with Crippen LogP contribution in [-0.4, -0.2) is 22.1 Å². The molecule has 0 fully saturated rings. The highest BCUT2D eigenvalue weighted by Gasteiger charge is 2.15. The monoisotopic (exact) mass is 357 g/mol. The quantitative estimate of drug-likeness (QED) is 0.721. The van der Waals surface area contributed by atoms with Crippen LogP contribution in [-0.2, 0) is 17.9 Å². The molecule has 0 bridgehead atoms. The van der Waals surface area contributed by atoms with Gasteiger partial charge in [0.15, 0.2) is 0 Å². The Hall–Kier alpha value is -2.86. The van der Waals surface area contributed by atoms with Gasteiger partial charge in [-0.15, -0.1) is 0 Å². The Kier molecular flexibility index (Phi) is 4.72. The summed E-state index contributed by atoms with van der Waals surface area (Å²) in [6.45, 7) is 0.0153. The first kappa shape index (κ1) is 17.0. The van der Waals surface area contributed by atoms with E-state index in [2.05, 4.69) is 5.32 Å². The minimum Gasteiger partial charge on any atom is -0.358 e. The van der Waals surface area contributed by atoms with E-state index in [1.807, 2.05) is 30.3 Å². The zero-order valence-electron chi connectivity index (χ0n) is 13.5. The number of aromatic nitrogens is 2. The van der Waals surface area contributed by atoms with Crippen molar-refractivity contribution in [3.05, 3.63) is 79.8 Å². The first-order valence-corrected chi connectivity index (χ1v) is 8.06. The van der Waals surface area contributed by atoms with Crippen LogP contribution < -0.4 is 16.4 Å². The van der Waals surface area contributed by atoms with Crippen molar-refractivity contribution in [2.45, 2.75) is 13.1 Å². The lowest BCUT2D eigenvalue weighted by atomic mass is 10.2. The second-order valence-corrected chi connectivity index (χ2v) is 6.01. The zero-order valence-corrected chi connectivity index (χ0v) is 14.3. The Bertz CT molecular complexity index is 1050. The predicted octanol–water partition coefficient (Wildman–Crippen LogP) is 1.61. The van der Waals surface area contributed by atoms with Crippen molar-refractivity contribution in [3.63, 3.8) is 0 Å². The lowest BCUT2D eigenvalue weighted by molar-refractivity contribution is -0.121. The van der Waals surface area contributed by atoms with Gasteiger partial charge in [-0.3, -0.25) is 23.5 Å². The topological polar surface area (TPSA) is 73.1 Å². The van der Waals surface area contributed by atoms with Gasteiger partial charge in [0, 0.05) is 12.1 Å². The molecule has 1 amide bonds. The molecular weight excluding hydrogens is 342 g/mol. The van der Waals surface area contributed by atoms with E-state index in [9.17, 15) is 14.4 Å². The fourth-order valence-electron chi connectivity index (χ4n) is 2.69. The first-order chi connectivity index (χ1) is 12.0. The number of rotatable bonds is 4. The largest absolute Gasteiger partial charge is 0.358 e. The molecule has 0 radical (unpaired) electrons. The van der Waals surface area contributed by atoms with E-state index in [4.69, 9.17) is 11.6 Å². The molecule has 0 aliphatic heterocycles. The van der Waals surface area contributed by atoms with Gasteiger partial charge in [0.1, 0.15) is 6.54 Å². The highest BCUT2D eigenvalue weighted by molar-refractivity contribution is 6.31. The van der Waals surface area contributed by atoms with Crippen molar-refractivity contribution in [3.8, 4) is 0 Å². The van der Waals surface area contributed by atoms with Crippen LogP contribution in [0.15, 0.2) is 58.1 Å². The maximum atomic E-state index is 12.6. The third-order valence-corrected chi connectivity index (χ3v) is 4.19. The van der Waals surface area contributed by atoms with Crippen LogP contribution in [0.5, 0.6) is 0 Å². The summed E-state index contributed by atoms with van der Waals surface area (Å²) in [5.74, 6) is -0.372. The lowest BCUT2D eigenvalue weighted by Gasteiger charge is -2.15. The van der Waals surface area contributed by atoms with Gasteiger partial charge in [0.05, 0.1) is 17.6 Å². The number of carbonyl (C=O) groups is 1. The van der Waals surface area contributed by atoms with E-state index in [0.29, 0.717) is 16.1 Å². The summed E-state index contributed by atoms with van der Waals surface area (Å²) in [6.07, 6.45) is 0. The van der Waals surface area contributed by atoms with Gasteiger partial charge < -0.3 is 5.32 Å². The molecule has 1 aromatic heterocycles. The van der Waals surface area contributed by atoms with Gasteiger partial charge in [-0.2, -0.15) is 0 Å². The standard InChI is InChI=1S/C18H16ClN3O3/c1-20-16(23)11-22-15-9-13(19)7-8-14(15)21(17(24)18(22)25)10-12-5-3-2-4-6-12/h2-9H,10-11H2,1H3,(H,20,23). The smallest absolute Gasteiger partial charge is 0.317 e. The van der Waals surface area contributed by atoms with Crippen LogP contribution in [0.1, 0.15) is 5.56 Å². The lowest BCUT2D eigenvalue weighted by Crippen LogP contribution is -2.43. The van der Waals surface area contributed by atoms with Gasteiger partial charge in [0.2, 0.25) is 5.91 Å². The summed E-state index contributed by atoms with van der Waals surface area (Å²) in [7, 11) is 1.47. The number of halogens is 1. The van der Waals surface area contributed by atoms with Crippen LogP contribution >= 0.6 is 11.6 Å². The fraction of sp³-hybridized carbons (Fsp3) is 0.167. The maximum Gasteiger partial charge on any atom is 0.317 e. The number of carbonyl (C=O) groups excluding carboxylic acids is 1. The molecule has 1 heterocycles. The minimum atomic E-state index is -0.755. The molecule has 0 saturated carbocycles. The van der Waals surface area contributed by atoms with Gasteiger partial charge in [-0.1, -0.05) is 41.9 Å². The molecule has 6 nitrogen and oxygen atoms in total. The molecule has 25 heavy (non-hydrogen) atoms. The molecular formula is C18H16ClN3O3. The molecule has 0 spiro atoms. The second-order valence-electron chi connectivity index (χ2n) is 5.57. The summed E-state index contributed by atoms with van der Waals surface area (Å²) < 4.78 is 2.56. The minimum absolute atomic E-state index is 0.242. The molecule has 2 aromatic carbocycles. The molecule has 0 unspecified atom stereocenters. The third kappa shape index (κ3) is 3.34. The number of nitrogens with one attached hydrogen (secondary N) is 1. The molecule has 3 rings (SSSR count). The van der Waals surface area contributed by atoms with E-state index in [-0.39, 0.29) is 19.0 Å². The van der Waals surface area contributed by atoms with Crippen molar-refractivity contribution in [2.24, 2.45) is 0 Å². The number of amides is 1. The van der Waals surface area contributed by atoms with E-state index < -0.39 is 11.1 Å². The highest BCUT2D eigenvalue weighted by atomic mass is 35.5. The molecule has 7 heteroatoms. The second kappa shape index (κ2) is 6.94. The van der Waals surface area contributed by atoms with Gasteiger partial charge in [-0.05, 0) is 23.8 Å². The summed E-state index contributed by atoms with van der Waals surface area (Å²) in [5, 5.41) is 2.87. The van der Waals surface area contributed by atoms with E-state index in [1.165, 1.54) is 11.6 Å². The molecule has 0 aliphatic carbocycles. The van der Waals surface area contributed by atoms with Crippen LogP contribution in [0.3, 0.4) is 0 Å². The summed E-state index contributed by atoms with van der Waals surface area (Å²) in [5.41, 5.74) is 0.444. The van der Waals surface area contributed by atoms with Crippen LogP contribution in [0.25, 0.3) is 11.0 Å². The first-order valence-electron chi connectivity index (χ1n) is 7.68. The number of hydrogen-bond acceptors (Lipinski definition) is 3. The molecule has 0 aliphatic rings. The number of fused-ring (bicyclic) bond motifs is 1. The number of benzene rings is 2. The van der Waals surface area contributed by atoms with Crippen molar-refractivity contribution in [2.75, 3.05) is 7.05 Å². The summed E-state index contributed by atoms with van der Waals surface area (Å²) >= 11 is 6.06. The summed E-state index contributed by atoms with van der Waals surface area (Å²) in [6, 6.07) is 14.3. The SMILES string of the molecule is CNC(=O)Cn1c(=O)c(=O)n(Cc2ccccc2)c2ccc(Cl)cc21. The number of hydrogen-bond donors (Lipinski definition) is 1. The Morgan fingerprint density at radius 2 is 1.68 bits per heavy atom. The van der Waals surface area contributed by atoms with Gasteiger partial charge >= 0.3 is 11.1 Å². The van der Waals surface area contributed by atoms with Crippen molar-refractivity contribution >= 4 is 28.5 Å². The van der Waals surface area contributed by atoms with Crippen molar-refractivity contribution in [1.29, 1.82) is 0 Å². The Morgan fingerprint density at radius 3 is 2.36 bits per heavy atom. The van der Waals surface area contributed by atoms with Crippen molar-refractivity contribution in [1.82, 2.24) is 14.5 Å². The van der Waals surface area contributed by atoms with E-state index >= 15 is 0 Å². The molecule has 0 saturated heterocycles. The van der Waals surface area contributed by atoms with E-state index in [1.54, 1.807) is 18.2 Å². The molecule has 3 aromatic rings. The predicted molar refractivity (Wildman–Crippen MR) is 97.1 cm³/mol. The van der Waals surface area contributed by atoms with Gasteiger partial charge in [0.25, 0.3) is 0 Å². The fourth-order valence-corrected chi connectivity index (χ4v) is 2.86. The van der Waals surface area contributed by atoms with Gasteiger partial charge in [-0.25, -0.2) is 0 Å². The molecule has 1 N–H and O–H groups in total. The number of likely N-dealkylation sites (N-methyl/N-ethyl adjacent to an activating group) is 1. The summed E-state index contributed by atoms with van der Waals surface area (Å²) in [4.78, 5) is 36.9. The average molecular weight is 358 g/mol. The number of nitrogens with zero attached hydrogens (tertiary/aromatic N) is 2. The van der Waals surface area contributed by atoms with Crippen LogP contribution in [0.4, 0.5) is 0 Å². The van der Waals surface area contributed by atoms with Crippen LogP contribution in [0, 0.1) is 0 Å². The molecule has 128 valence electrons. The van der Waals surface area contributed by atoms with E-state index in [0.717, 1.165) is 10.1 Å². The Morgan fingerprint density at radius 1 is 1.00 bits per heavy atom. The molecule has 0 atom stereocenters. The Balaban J connectivity index is 2.27. The normalized spacial score (nSPS) is 10.8. The average Bonchev–Trinajstić information content (AvgIpc) is 2.63. The Labute approximate surface area is 148 Å². The zero-order chi connectivity index (χ0) is 18.0. The van der Waals surface area contributed by atoms with Crippen molar-refractivity contribution < 1.29 is 4.79 Å². The maximum absolute atomic E-state index is 12.6. The highest BCUT2D eigenvalue weighted by Crippen LogP contribution is 2.18. The van der Waals surface area contributed by atoms with Crippen LogP contribution in [0.2, 0.25) is 5.02 Å².